The minimum Gasteiger partial charge on any atom is -0.481 e. The van der Waals surface area contributed by atoms with Crippen molar-refractivity contribution in [2.45, 2.75) is 76.3 Å². The Morgan fingerprint density at radius 3 is 1.09 bits per heavy atom. The quantitative estimate of drug-likeness (QED) is 0.163. The van der Waals surface area contributed by atoms with Gasteiger partial charge < -0.3 is 9.84 Å². The number of carbonyl (C=O) groups is 3. The molecule has 204 valence electrons. The lowest BCUT2D eigenvalue weighted by Gasteiger charge is -2.40. The summed E-state index contributed by atoms with van der Waals surface area (Å²) in [7, 11) is 0.980. The standard InChI is InChI=1S/C7H9F3O2.C6H9F3N2O.C6H7F3O2/c1-12-5(11)6(3-2-4-6)7(8,9)10;7-6(8,9)5(2-1-3-5)4(12)11-10;7-6(8,9)5(4(10)11)2-1-3-5/h2-4H2,1H3;1-3,10H2,(H,11,12);1-3H2,(H,10,11). The van der Waals surface area contributed by atoms with E-state index in [2.05, 4.69) is 10.6 Å². The molecule has 3 rings (SSSR count). The molecule has 1 amide bonds. The molecule has 0 radical (unpaired) electrons. The first-order valence-electron chi connectivity index (χ1n) is 10.3. The number of rotatable bonds is 3. The number of halogens is 9. The van der Waals surface area contributed by atoms with E-state index in [0.29, 0.717) is 19.3 Å². The Kier molecular flexibility index (Phi) is 9.13. The van der Waals surface area contributed by atoms with Crippen molar-refractivity contribution in [2.75, 3.05) is 7.11 Å². The van der Waals surface area contributed by atoms with Crippen molar-refractivity contribution < 1.29 is 63.7 Å². The molecule has 0 aromatic carbocycles. The SMILES string of the molecule is COC(=O)C1(C(F)(F)F)CCC1.NNC(=O)C1(C(F)(F)F)CCC1.O=C(O)C1(C(F)(F)F)CCC1. The predicted octanol–water partition coefficient (Wildman–Crippen LogP) is 4.40. The van der Waals surface area contributed by atoms with E-state index in [0.717, 1.165) is 7.11 Å². The van der Waals surface area contributed by atoms with Crippen molar-refractivity contribution >= 4 is 17.8 Å². The number of carboxylic acids is 1. The Morgan fingerprint density at radius 1 is 0.714 bits per heavy atom. The van der Waals surface area contributed by atoms with Crippen LogP contribution in [0.25, 0.3) is 0 Å². The van der Waals surface area contributed by atoms with Crippen molar-refractivity contribution in [2.24, 2.45) is 22.1 Å². The summed E-state index contributed by atoms with van der Waals surface area (Å²) in [4.78, 5) is 31.9. The maximum absolute atomic E-state index is 12.3. The molecule has 3 fully saturated rings. The minimum atomic E-state index is -4.59. The number of hydrogen-bond acceptors (Lipinski definition) is 5. The lowest BCUT2D eigenvalue weighted by Crippen LogP contribution is -2.56. The van der Waals surface area contributed by atoms with Gasteiger partial charge >= 0.3 is 30.5 Å². The van der Waals surface area contributed by atoms with Crippen molar-refractivity contribution in [3.63, 3.8) is 0 Å². The van der Waals surface area contributed by atoms with E-state index < -0.39 is 52.6 Å². The van der Waals surface area contributed by atoms with Gasteiger partial charge in [0.25, 0.3) is 0 Å². The molecular weight excluding hydrogens is 507 g/mol. The summed E-state index contributed by atoms with van der Waals surface area (Å²) in [6, 6.07) is 0. The first-order chi connectivity index (χ1) is 15.8. The average molecular weight is 532 g/mol. The monoisotopic (exact) mass is 532 g/mol. The zero-order valence-corrected chi connectivity index (χ0v) is 18.4. The molecular formula is C19H25F9N2O5. The second-order valence-corrected chi connectivity index (χ2v) is 8.57. The summed E-state index contributed by atoms with van der Waals surface area (Å²) in [5, 5.41) is 8.30. The number of ether oxygens (including phenoxy) is 1. The minimum absolute atomic E-state index is 0.136. The molecule has 0 aromatic rings. The maximum atomic E-state index is 12.3. The van der Waals surface area contributed by atoms with E-state index in [1.165, 1.54) is 0 Å². The molecule has 7 nitrogen and oxygen atoms in total. The summed E-state index contributed by atoms with van der Waals surface area (Å²) in [6.07, 6.45) is -13.4. The number of hydrogen-bond donors (Lipinski definition) is 3. The number of nitrogens with one attached hydrogen (secondary N) is 1. The van der Waals surface area contributed by atoms with Gasteiger partial charge in [-0.1, -0.05) is 19.3 Å². The normalized spacial score (nSPS) is 21.7. The molecule has 3 aliphatic rings. The second-order valence-electron chi connectivity index (χ2n) is 8.57. The fraction of sp³-hybridized carbons (Fsp3) is 0.842. The molecule has 0 saturated heterocycles. The van der Waals surface area contributed by atoms with Crippen molar-refractivity contribution in [3.8, 4) is 0 Å². The highest BCUT2D eigenvalue weighted by molar-refractivity contribution is 5.83. The van der Waals surface area contributed by atoms with Gasteiger partial charge in [0.05, 0.1) is 7.11 Å². The molecule has 3 saturated carbocycles. The van der Waals surface area contributed by atoms with Crippen LogP contribution in [0, 0.1) is 16.2 Å². The van der Waals surface area contributed by atoms with Gasteiger partial charge in [-0.05, 0) is 38.5 Å². The molecule has 3 aliphatic carbocycles. The Bertz CT molecular complexity index is 737. The van der Waals surface area contributed by atoms with Crippen molar-refractivity contribution in [1.29, 1.82) is 0 Å². The predicted molar refractivity (Wildman–Crippen MR) is 99.0 cm³/mol. The molecule has 0 bridgehead atoms. The third kappa shape index (κ3) is 5.61. The number of esters is 1. The molecule has 0 aromatic heterocycles. The van der Waals surface area contributed by atoms with Gasteiger partial charge in [-0.2, -0.15) is 39.5 Å². The molecule has 0 heterocycles. The Hall–Kier alpha value is -2.26. The summed E-state index contributed by atoms with van der Waals surface area (Å²) in [6.45, 7) is 0. The molecule has 0 atom stereocenters. The van der Waals surface area contributed by atoms with E-state index in [9.17, 15) is 53.9 Å². The molecule has 0 spiro atoms. The summed E-state index contributed by atoms with van der Waals surface area (Å²) < 4.78 is 114. The third-order valence-corrected chi connectivity index (χ3v) is 6.80. The Balaban J connectivity index is 0.000000263. The van der Waals surface area contributed by atoms with Gasteiger partial charge in [0.1, 0.15) is 5.41 Å². The number of aliphatic carboxylic acids is 1. The lowest BCUT2D eigenvalue weighted by molar-refractivity contribution is -0.254. The van der Waals surface area contributed by atoms with Gasteiger partial charge in [0, 0.05) is 0 Å². The highest BCUT2D eigenvalue weighted by Gasteiger charge is 2.65. The van der Waals surface area contributed by atoms with Crippen LogP contribution in [0.4, 0.5) is 39.5 Å². The van der Waals surface area contributed by atoms with Gasteiger partial charge in [-0.3, -0.25) is 19.8 Å². The van der Waals surface area contributed by atoms with E-state index in [1.807, 2.05) is 0 Å². The second kappa shape index (κ2) is 10.4. The smallest absolute Gasteiger partial charge is 0.404 e. The summed E-state index contributed by atoms with van der Waals surface area (Å²) in [5.74, 6) is 0.650. The highest BCUT2D eigenvalue weighted by Crippen LogP contribution is 2.54. The van der Waals surface area contributed by atoms with Crippen LogP contribution in [0.2, 0.25) is 0 Å². The van der Waals surface area contributed by atoms with Crippen LogP contribution in [-0.4, -0.2) is 48.6 Å². The van der Waals surface area contributed by atoms with Crippen LogP contribution in [-0.2, 0) is 19.1 Å². The fourth-order valence-corrected chi connectivity index (χ4v) is 3.79. The largest absolute Gasteiger partial charge is 0.481 e. The molecule has 0 aliphatic heterocycles. The summed E-state index contributed by atoms with van der Waals surface area (Å²) in [5.41, 5.74) is -5.27. The maximum Gasteiger partial charge on any atom is 0.404 e. The molecule has 4 N–H and O–H groups in total. The highest BCUT2D eigenvalue weighted by atomic mass is 19.4. The first kappa shape index (κ1) is 30.8. The lowest BCUT2D eigenvalue weighted by atomic mass is 9.67. The topological polar surface area (TPSA) is 119 Å². The van der Waals surface area contributed by atoms with Gasteiger partial charge in [-0.15, -0.1) is 0 Å². The number of carbonyl (C=O) groups excluding carboxylic acids is 2. The van der Waals surface area contributed by atoms with Crippen LogP contribution < -0.4 is 11.3 Å². The number of alkyl halides is 9. The van der Waals surface area contributed by atoms with Crippen molar-refractivity contribution in [3.05, 3.63) is 0 Å². The number of carboxylic acid groups (broad SMARTS) is 1. The zero-order chi connectivity index (χ0) is 27.5. The van der Waals surface area contributed by atoms with E-state index >= 15 is 0 Å². The van der Waals surface area contributed by atoms with E-state index in [-0.39, 0.29) is 38.5 Å². The van der Waals surface area contributed by atoms with Crippen LogP contribution in [0.3, 0.4) is 0 Å². The molecule has 35 heavy (non-hydrogen) atoms. The van der Waals surface area contributed by atoms with Gasteiger partial charge in [0.15, 0.2) is 10.8 Å². The first-order valence-corrected chi connectivity index (χ1v) is 10.3. The zero-order valence-electron chi connectivity index (χ0n) is 18.4. The van der Waals surface area contributed by atoms with Gasteiger partial charge in [-0.25, -0.2) is 5.84 Å². The number of amides is 1. The van der Waals surface area contributed by atoms with Crippen LogP contribution in [0.5, 0.6) is 0 Å². The Morgan fingerprint density at radius 2 is 1.03 bits per heavy atom. The van der Waals surface area contributed by atoms with Crippen LogP contribution in [0.15, 0.2) is 0 Å². The molecule has 16 heteroatoms. The average Bonchev–Trinajstić information content (AvgIpc) is 2.54. The third-order valence-electron chi connectivity index (χ3n) is 6.80. The number of hydrazine groups is 1. The molecule has 0 unspecified atom stereocenters. The van der Waals surface area contributed by atoms with E-state index in [1.54, 1.807) is 5.43 Å². The van der Waals surface area contributed by atoms with Crippen LogP contribution in [0.1, 0.15) is 57.8 Å². The van der Waals surface area contributed by atoms with Gasteiger partial charge in [0.2, 0.25) is 5.91 Å². The number of nitrogens with two attached hydrogens (primary N) is 1. The fourth-order valence-electron chi connectivity index (χ4n) is 3.79. The van der Waals surface area contributed by atoms with Crippen molar-refractivity contribution in [1.82, 2.24) is 5.43 Å². The van der Waals surface area contributed by atoms with E-state index in [4.69, 9.17) is 5.11 Å². The van der Waals surface area contributed by atoms with Crippen LogP contribution >= 0.6 is 0 Å². The number of methoxy groups -OCH3 is 1. The Labute approximate surface area is 193 Å². The summed E-state index contributed by atoms with van der Waals surface area (Å²) >= 11 is 0.